The molecule has 1 rings (SSSR count). The van der Waals surface area contributed by atoms with Gasteiger partial charge in [-0.1, -0.05) is 84.0 Å². The van der Waals surface area contributed by atoms with Crippen LogP contribution < -0.4 is 0 Å². The van der Waals surface area contributed by atoms with Crippen molar-refractivity contribution in [2.45, 2.75) is 117 Å². The first-order chi connectivity index (χ1) is 12.3. The van der Waals surface area contributed by atoms with Crippen LogP contribution in [-0.4, -0.2) is 43.4 Å². The summed E-state index contributed by atoms with van der Waals surface area (Å²) < 4.78 is 6.76. The highest BCUT2D eigenvalue weighted by atomic mass is 16.6. The summed E-state index contributed by atoms with van der Waals surface area (Å²) in [6, 6.07) is 0. The van der Waals surface area contributed by atoms with Gasteiger partial charge in [0.15, 0.2) is 0 Å². The molecule has 25 heavy (non-hydrogen) atoms. The molecule has 1 heterocycles. The molecular formula is C23H48NO+. The average Bonchev–Trinajstić information content (AvgIpc) is 3.45. The van der Waals surface area contributed by atoms with E-state index in [9.17, 15) is 0 Å². The smallest absolute Gasteiger partial charge is 0.130 e. The van der Waals surface area contributed by atoms with Crippen LogP contribution in [0.5, 0.6) is 0 Å². The number of likely N-dealkylation sites (N-methyl/N-ethyl adjacent to an activating group) is 1. The SMILES string of the molecule is CCCCCCCCCCCCCCCC[N+](CC)(CC)CC1CO1. The monoisotopic (exact) mass is 354 g/mol. The summed E-state index contributed by atoms with van der Waals surface area (Å²) in [4.78, 5) is 0. The number of hydrogen-bond donors (Lipinski definition) is 0. The van der Waals surface area contributed by atoms with Gasteiger partial charge in [0.25, 0.3) is 0 Å². The van der Waals surface area contributed by atoms with Gasteiger partial charge in [-0.3, -0.25) is 0 Å². The molecule has 0 aromatic rings. The van der Waals surface area contributed by atoms with Crippen molar-refractivity contribution in [2.24, 2.45) is 0 Å². The highest BCUT2D eigenvalue weighted by molar-refractivity contribution is 4.68. The molecule has 1 unspecified atom stereocenters. The van der Waals surface area contributed by atoms with Gasteiger partial charge in [-0.05, 0) is 26.7 Å². The quantitative estimate of drug-likeness (QED) is 0.142. The second kappa shape index (κ2) is 15.0. The van der Waals surface area contributed by atoms with Crippen molar-refractivity contribution < 1.29 is 9.22 Å². The van der Waals surface area contributed by atoms with E-state index in [1.165, 1.54) is 121 Å². The summed E-state index contributed by atoms with van der Waals surface area (Å²) in [6.07, 6.45) is 20.9. The maximum absolute atomic E-state index is 5.48. The number of ether oxygens (including phenoxy) is 1. The summed E-state index contributed by atoms with van der Waals surface area (Å²) in [7, 11) is 0. The van der Waals surface area contributed by atoms with Gasteiger partial charge in [-0.2, -0.15) is 0 Å². The Morgan fingerprint density at radius 3 is 1.40 bits per heavy atom. The third kappa shape index (κ3) is 12.0. The molecule has 0 aromatic heterocycles. The minimum absolute atomic E-state index is 0.576. The number of quaternary nitrogens is 1. The van der Waals surface area contributed by atoms with Crippen LogP contribution in [0.15, 0.2) is 0 Å². The van der Waals surface area contributed by atoms with Crippen LogP contribution in [0.3, 0.4) is 0 Å². The van der Waals surface area contributed by atoms with Crippen LogP contribution in [0, 0.1) is 0 Å². The summed E-state index contributed by atoms with van der Waals surface area (Å²) in [6.45, 7) is 13.2. The van der Waals surface area contributed by atoms with Crippen LogP contribution in [0.2, 0.25) is 0 Å². The van der Waals surface area contributed by atoms with E-state index in [4.69, 9.17) is 4.74 Å². The molecule has 0 aliphatic carbocycles. The van der Waals surface area contributed by atoms with Crippen LogP contribution in [0.4, 0.5) is 0 Å². The van der Waals surface area contributed by atoms with E-state index < -0.39 is 0 Å². The highest BCUT2D eigenvalue weighted by Crippen LogP contribution is 2.19. The minimum atomic E-state index is 0.576. The first-order valence-electron chi connectivity index (χ1n) is 11.7. The lowest BCUT2D eigenvalue weighted by molar-refractivity contribution is -0.925. The van der Waals surface area contributed by atoms with E-state index >= 15 is 0 Å². The molecule has 0 bridgehead atoms. The molecule has 1 atom stereocenters. The van der Waals surface area contributed by atoms with Crippen molar-refractivity contribution in [1.82, 2.24) is 0 Å². The topological polar surface area (TPSA) is 12.5 Å². The highest BCUT2D eigenvalue weighted by Gasteiger charge is 2.34. The van der Waals surface area contributed by atoms with Gasteiger partial charge >= 0.3 is 0 Å². The average molecular weight is 355 g/mol. The summed E-state index contributed by atoms with van der Waals surface area (Å²) in [5.74, 6) is 0. The predicted octanol–water partition coefficient (Wildman–Crippen LogP) is 6.72. The first kappa shape index (κ1) is 23.0. The zero-order chi connectivity index (χ0) is 18.2. The summed E-state index contributed by atoms with van der Waals surface area (Å²) in [5, 5.41) is 0. The van der Waals surface area contributed by atoms with E-state index in [0.717, 1.165) is 6.61 Å². The first-order valence-corrected chi connectivity index (χ1v) is 11.7. The minimum Gasteiger partial charge on any atom is -0.367 e. The van der Waals surface area contributed by atoms with Gasteiger partial charge in [0.1, 0.15) is 12.6 Å². The Morgan fingerprint density at radius 1 is 0.640 bits per heavy atom. The molecule has 2 heteroatoms. The number of nitrogens with zero attached hydrogens (tertiary/aromatic N) is 1. The molecule has 1 aliphatic heterocycles. The molecule has 0 amide bonds. The van der Waals surface area contributed by atoms with Crippen LogP contribution >= 0.6 is 0 Å². The Morgan fingerprint density at radius 2 is 1.04 bits per heavy atom. The number of rotatable bonds is 19. The zero-order valence-corrected chi connectivity index (χ0v) is 17.9. The number of epoxide rings is 1. The van der Waals surface area contributed by atoms with E-state index in [1.807, 2.05) is 0 Å². The fraction of sp³-hybridized carbons (Fsp3) is 1.00. The molecule has 0 aromatic carbocycles. The molecule has 0 radical (unpaired) electrons. The second-order valence-corrected chi connectivity index (χ2v) is 8.43. The normalized spacial score (nSPS) is 17.2. The van der Waals surface area contributed by atoms with E-state index in [1.54, 1.807) is 0 Å². The van der Waals surface area contributed by atoms with E-state index in [0.29, 0.717) is 6.10 Å². The van der Waals surface area contributed by atoms with Crippen molar-refractivity contribution in [3.63, 3.8) is 0 Å². The molecule has 1 saturated heterocycles. The third-order valence-electron chi connectivity index (χ3n) is 6.32. The Bertz CT molecular complexity index is 284. The van der Waals surface area contributed by atoms with Crippen LogP contribution in [-0.2, 0) is 4.74 Å². The number of hydrogen-bond acceptors (Lipinski definition) is 1. The molecule has 1 fully saturated rings. The van der Waals surface area contributed by atoms with Gasteiger partial charge in [0, 0.05) is 0 Å². The molecule has 1 aliphatic rings. The Labute approximate surface area is 159 Å². The van der Waals surface area contributed by atoms with Gasteiger partial charge < -0.3 is 9.22 Å². The molecule has 0 N–H and O–H groups in total. The number of unbranched alkanes of at least 4 members (excludes halogenated alkanes) is 13. The second-order valence-electron chi connectivity index (χ2n) is 8.43. The van der Waals surface area contributed by atoms with E-state index in [-0.39, 0.29) is 0 Å². The summed E-state index contributed by atoms with van der Waals surface area (Å²) >= 11 is 0. The lowest BCUT2D eigenvalue weighted by Crippen LogP contribution is -2.50. The zero-order valence-electron chi connectivity index (χ0n) is 17.9. The fourth-order valence-electron chi connectivity index (χ4n) is 4.14. The van der Waals surface area contributed by atoms with Crippen molar-refractivity contribution in [3.8, 4) is 0 Å². The van der Waals surface area contributed by atoms with Gasteiger partial charge in [0.05, 0.1) is 26.2 Å². The van der Waals surface area contributed by atoms with Crippen molar-refractivity contribution in [1.29, 1.82) is 0 Å². The Hall–Kier alpha value is -0.0800. The van der Waals surface area contributed by atoms with Crippen LogP contribution in [0.1, 0.15) is 111 Å². The lowest BCUT2D eigenvalue weighted by atomic mass is 10.0. The van der Waals surface area contributed by atoms with Gasteiger partial charge in [-0.25, -0.2) is 0 Å². The summed E-state index contributed by atoms with van der Waals surface area (Å²) in [5.41, 5.74) is 0. The predicted molar refractivity (Wildman–Crippen MR) is 111 cm³/mol. The fourth-order valence-corrected chi connectivity index (χ4v) is 4.14. The van der Waals surface area contributed by atoms with Crippen molar-refractivity contribution >= 4 is 0 Å². The van der Waals surface area contributed by atoms with Crippen molar-refractivity contribution in [3.05, 3.63) is 0 Å². The maximum atomic E-state index is 5.48. The molecule has 0 saturated carbocycles. The molecule has 2 nitrogen and oxygen atoms in total. The standard InChI is InChI=1S/C23H48NO/c1-4-7-8-9-10-11-12-13-14-15-16-17-18-19-20-24(5-2,6-3)21-23-22-25-23/h23H,4-22H2,1-3H3/q+1. The van der Waals surface area contributed by atoms with Crippen molar-refractivity contribution in [2.75, 3.05) is 32.8 Å². The van der Waals surface area contributed by atoms with E-state index in [2.05, 4.69) is 20.8 Å². The third-order valence-corrected chi connectivity index (χ3v) is 6.32. The van der Waals surface area contributed by atoms with Gasteiger partial charge in [-0.15, -0.1) is 0 Å². The lowest BCUT2D eigenvalue weighted by Gasteiger charge is -2.36. The van der Waals surface area contributed by atoms with Crippen LogP contribution in [0.25, 0.3) is 0 Å². The largest absolute Gasteiger partial charge is 0.367 e. The maximum Gasteiger partial charge on any atom is 0.130 e. The van der Waals surface area contributed by atoms with Gasteiger partial charge in [0.2, 0.25) is 0 Å². The Balaban J connectivity index is 1.84. The molecule has 0 spiro atoms. The Kier molecular flexibility index (Phi) is 13.8. The molecule has 150 valence electrons. The molecular weight excluding hydrogens is 306 g/mol.